The van der Waals surface area contributed by atoms with E-state index in [1.54, 1.807) is 0 Å². The van der Waals surface area contributed by atoms with Crippen molar-refractivity contribution in [3.05, 3.63) is 71.8 Å². The standard InChI is InChI=1S/C33H41N3O9S/c1-20(37)41-19-26-29(42-21(2)38)30(43-22(3)39)31(44-23(4)40)32(45-26)35-33(46)34-27(24-13-7-5-8-14-24)28(36-17-11-12-18-36)25-15-9-6-10-16-25/h5-10,13-16,26-32H,11-12,17-19H2,1-4H3,(H2,34,35,46)/t26-,27-,28-,29-,30+,31-,32-/m1/s1. The van der Waals surface area contributed by atoms with Crippen LogP contribution < -0.4 is 10.6 Å². The fraction of sp³-hybridized carbons (Fsp3) is 0.485. The lowest BCUT2D eigenvalue weighted by Gasteiger charge is -2.45. The zero-order chi connectivity index (χ0) is 33.2. The number of nitrogens with one attached hydrogen (secondary N) is 2. The van der Waals surface area contributed by atoms with Gasteiger partial charge in [0.2, 0.25) is 0 Å². The number of nitrogens with zero attached hydrogens (tertiary/aromatic N) is 1. The number of likely N-dealkylation sites (tertiary alicyclic amines) is 1. The van der Waals surface area contributed by atoms with Crippen molar-refractivity contribution in [2.24, 2.45) is 0 Å². The number of carbonyl (C=O) groups excluding carboxylic acids is 4. The molecule has 13 heteroatoms. The van der Waals surface area contributed by atoms with Gasteiger partial charge in [0.1, 0.15) is 12.7 Å². The average molecular weight is 656 g/mol. The Labute approximate surface area is 274 Å². The Bertz CT molecular complexity index is 1360. The first kappa shape index (κ1) is 34.8. The molecule has 0 aromatic heterocycles. The molecule has 2 heterocycles. The summed E-state index contributed by atoms with van der Waals surface area (Å²) in [6, 6.07) is 19.7. The van der Waals surface area contributed by atoms with Crippen molar-refractivity contribution in [1.82, 2.24) is 15.5 Å². The molecule has 4 rings (SSSR count). The number of esters is 4. The van der Waals surface area contributed by atoms with E-state index in [2.05, 4.69) is 27.7 Å². The molecule has 0 bridgehead atoms. The van der Waals surface area contributed by atoms with E-state index in [4.69, 9.17) is 35.9 Å². The van der Waals surface area contributed by atoms with E-state index in [1.807, 2.05) is 48.5 Å². The van der Waals surface area contributed by atoms with Gasteiger partial charge in [-0.2, -0.15) is 0 Å². The van der Waals surface area contributed by atoms with E-state index in [9.17, 15) is 19.2 Å². The van der Waals surface area contributed by atoms with Gasteiger partial charge in [0.25, 0.3) is 0 Å². The summed E-state index contributed by atoms with van der Waals surface area (Å²) in [5.41, 5.74) is 2.11. The average Bonchev–Trinajstić information content (AvgIpc) is 3.54. The maximum absolute atomic E-state index is 12.3. The van der Waals surface area contributed by atoms with Gasteiger partial charge in [-0.05, 0) is 49.3 Å². The Morgan fingerprint density at radius 1 is 0.783 bits per heavy atom. The van der Waals surface area contributed by atoms with Gasteiger partial charge >= 0.3 is 23.9 Å². The van der Waals surface area contributed by atoms with Crippen LogP contribution in [0.15, 0.2) is 60.7 Å². The first-order chi connectivity index (χ1) is 22.0. The summed E-state index contributed by atoms with van der Waals surface area (Å²) in [5, 5.41) is 6.73. The molecule has 2 aromatic rings. The molecular formula is C33H41N3O9S. The van der Waals surface area contributed by atoms with Gasteiger partial charge in [0.15, 0.2) is 29.7 Å². The van der Waals surface area contributed by atoms with E-state index in [1.165, 1.54) is 27.7 Å². The van der Waals surface area contributed by atoms with Crippen LogP contribution in [0, 0.1) is 0 Å². The number of hydrogen-bond acceptors (Lipinski definition) is 11. The molecule has 0 amide bonds. The molecule has 0 saturated carbocycles. The molecule has 0 spiro atoms. The highest BCUT2D eigenvalue weighted by molar-refractivity contribution is 7.80. The number of thiocarbonyl (C=S) groups is 1. The minimum absolute atomic E-state index is 0.0822. The van der Waals surface area contributed by atoms with Gasteiger partial charge in [-0.3, -0.25) is 24.1 Å². The molecule has 46 heavy (non-hydrogen) atoms. The van der Waals surface area contributed by atoms with Crippen molar-refractivity contribution >= 4 is 41.2 Å². The second-order valence-electron chi connectivity index (χ2n) is 11.2. The minimum atomic E-state index is -1.31. The number of hydrogen-bond donors (Lipinski definition) is 2. The summed E-state index contributed by atoms with van der Waals surface area (Å²) < 4.78 is 28.0. The summed E-state index contributed by atoms with van der Waals surface area (Å²) in [7, 11) is 0. The maximum Gasteiger partial charge on any atom is 0.303 e. The topological polar surface area (TPSA) is 142 Å². The van der Waals surface area contributed by atoms with Crippen LogP contribution >= 0.6 is 12.2 Å². The predicted octanol–water partition coefficient (Wildman–Crippen LogP) is 3.11. The highest BCUT2D eigenvalue weighted by Gasteiger charge is 2.52. The van der Waals surface area contributed by atoms with Gasteiger partial charge in [0.05, 0.1) is 12.1 Å². The number of ether oxygens (including phenoxy) is 5. The molecule has 0 unspecified atom stereocenters. The van der Waals surface area contributed by atoms with Crippen LogP contribution in [-0.4, -0.2) is 84.2 Å². The van der Waals surface area contributed by atoms with Crippen LogP contribution in [0.5, 0.6) is 0 Å². The van der Waals surface area contributed by atoms with E-state index in [-0.39, 0.29) is 23.8 Å². The molecule has 7 atom stereocenters. The van der Waals surface area contributed by atoms with Crippen LogP contribution in [-0.2, 0) is 42.9 Å². The van der Waals surface area contributed by atoms with Crippen molar-refractivity contribution in [1.29, 1.82) is 0 Å². The molecule has 2 saturated heterocycles. The van der Waals surface area contributed by atoms with Gasteiger partial charge in [-0.1, -0.05) is 60.7 Å². The zero-order valence-corrected chi connectivity index (χ0v) is 27.2. The summed E-state index contributed by atoms with van der Waals surface area (Å²) in [6.45, 7) is 6.26. The predicted molar refractivity (Wildman–Crippen MR) is 170 cm³/mol. The van der Waals surface area contributed by atoms with Gasteiger partial charge in [-0.15, -0.1) is 0 Å². The van der Waals surface area contributed by atoms with Crippen molar-refractivity contribution in [2.75, 3.05) is 19.7 Å². The van der Waals surface area contributed by atoms with Gasteiger partial charge in [0, 0.05) is 27.7 Å². The largest absolute Gasteiger partial charge is 0.463 e. The number of carbonyl (C=O) groups is 4. The lowest BCUT2D eigenvalue weighted by atomic mass is 9.92. The highest BCUT2D eigenvalue weighted by atomic mass is 32.1. The molecule has 0 radical (unpaired) electrons. The van der Waals surface area contributed by atoms with Gasteiger partial charge in [-0.25, -0.2) is 0 Å². The van der Waals surface area contributed by atoms with Crippen LogP contribution in [0.3, 0.4) is 0 Å². The zero-order valence-electron chi connectivity index (χ0n) is 26.4. The lowest BCUT2D eigenvalue weighted by Crippen LogP contribution is -2.67. The third-order valence-corrected chi connectivity index (χ3v) is 7.94. The fourth-order valence-corrected chi connectivity index (χ4v) is 6.19. The lowest BCUT2D eigenvalue weighted by molar-refractivity contribution is -0.255. The van der Waals surface area contributed by atoms with Crippen LogP contribution in [0.4, 0.5) is 0 Å². The van der Waals surface area contributed by atoms with Crippen molar-refractivity contribution in [2.45, 2.75) is 83.3 Å². The summed E-state index contributed by atoms with van der Waals surface area (Å²) in [4.78, 5) is 50.7. The molecule has 2 aliphatic rings. The number of rotatable bonds is 11. The SMILES string of the molecule is CC(=O)OC[C@H]1O[C@@H](NC(=S)N[C@H](c2ccccc2)[C@@H](c2ccccc2)N2CCCC2)[C@H](OC(C)=O)[C@@H](OC(C)=O)[C@@H]1OC(C)=O. The van der Waals surface area contributed by atoms with Crippen molar-refractivity contribution in [3.63, 3.8) is 0 Å². The second-order valence-corrected chi connectivity index (χ2v) is 11.6. The molecule has 2 aromatic carbocycles. The summed E-state index contributed by atoms with van der Waals surface area (Å²) in [6.07, 6.45) is -4.00. The highest BCUT2D eigenvalue weighted by Crippen LogP contribution is 2.36. The quantitative estimate of drug-likeness (QED) is 0.208. The number of benzene rings is 2. The smallest absolute Gasteiger partial charge is 0.303 e. The normalized spacial score (nSPS) is 24.1. The molecule has 12 nitrogen and oxygen atoms in total. The third-order valence-electron chi connectivity index (χ3n) is 7.70. The second kappa shape index (κ2) is 16.5. The summed E-state index contributed by atoms with van der Waals surface area (Å²) >= 11 is 5.85. The van der Waals surface area contributed by atoms with Crippen LogP contribution in [0.25, 0.3) is 0 Å². The Kier molecular flexibility index (Phi) is 12.5. The Morgan fingerprint density at radius 2 is 1.30 bits per heavy atom. The molecule has 2 aliphatic heterocycles. The monoisotopic (exact) mass is 655 g/mol. The van der Waals surface area contributed by atoms with E-state index >= 15 is 0 Å². The van der Waals surface area contributed by atoms with Crippen LogP contribution in [0.2, 0.25) is 0 Å². The first-order valence-electron chi connectivity index (χ1n) is 15.2. The molecule has 0 aliphatic carbocycles. The van der Waals surface area contributed by atoms with E-state index < -0.39 is 54.5 Å². The first-order valence-corrected chi connectivity index (χ1v) is 15.7. The Morgan fingerprint density at radius 3 is 1.85 bits per heavy atom. The molecule has 2 N–H and O–H groups in total. The van der Waals surface area contributed by atoms with Gasteiger partial charge < -0.3 is 34.3 Å². The maximum atomic E-state index is 12.3. The van der Waals surface area contributed by atoms with Crippen molar-refractivity contribution in [3.8, 4) is 0 Å². The van der Waals surface area contributed by atoms with E-state index in [0.717, 1.165) is 37.1 Å². The molecule has 2 fully saturated rings. The molecular weight excluding hydrogens is 614 g/mol. The Balaban J connectivity index is 1.68. The van der Waals surface area contributed by atoms with E-state index in [0.29, 0.717) is 0 Å². The summed E-state index contributed by atoms with van der Waals surface area (Å²) in [5.74, 6) is -2.72. The third kappa shape index (κ3) is 9.47. The van der Waals surface area contributed by atoms with Crippen LogP contribution in [0.1, 0.15) is 63.7 Å². The van der Waals surface area contributed by atoms with Crippen molar-refractivity contribution < 1.29 is 42.9 Å². The fourth-order valence-electron chi connectivity index (χ4n) is 5.95. The minimum Gasteiger partial charge on any atom is -0.463 e. The molecule has 248 valence electrons. The Hall–Kier alpha value is -4.07.